The summed E-state index contributed by atoms with van der Waals surface area (Å²) in [7, 11) is -4.30. The topological polar surface area (TPSA) is 85.1 Å². The van der Waals surface area contributed by atoms with Gasteiger partial charge in [-0.25, -0.2) is 0 Å². The third-order valence-electron chi connectivity index (χ3n) is 3.91. The molecule has 1 N–H and O–H groups in total. The molecule has 1 aromatic heterocycles. The van der Waals surface area contributed by atoms with E-state index in [0.717, 1.165) is 11.3 Å². The molecule has 4 aromatic rings. The van der Waals surface area contributed by atoms with Gasteiger partial charge in [0.2, 0.25) is 0 Å². The normalized spacial score (nSPS) is 12.1. The van der Waals surface area contributed by atoms with Gasteiger partial charge in [-0.3, -0.25) is 4.55 Å². The van der Waals surface area contributed by atoms with Gasteiger partial charge in [0.25, 0.3) is 10.1 Å². The van der Waals surface area contributed by atoms with Gasteiger partial charge in [0.05, 0.1) is 5.69 Å². The molecule has 0 saturated carbocycles. The Kier molecular flexibility index (Phi) is 3.16. The van der Waals surface area contributed by atoms with E-state index in [1.54, 1.807) is 24.3 Å². The van der Waals surface area contributed by atoms with E-state index in [2.05, 4.69) is 10.2 Å². The largest absolute Gasteiger partial charge is 0.295 e. The Morgan fingerprint density at radius 2 is 1.67 bits per heavy atom. The van der Waals surface area contributed by atoms with Crippen molar-refractivity contribution in [1.82, 2.24) is 15.0 Å². The Hall–Kier alpha value is -2.77. The molecule has 0 amide bonds. The average molecular weight is 339 g/mol. The van der Waals surface area contributed by atoms with Crippen LogP contribution in [-0.4, -0.2) is 28.0 Å². The van der Waals surface area contributed by atoms with Crippen LogP contribution in [0.25, 0.3) is 27.5 Å². The van der Waals surface area contributed by atoms with E-state index in [0.29, 0.717) is 21.8 Å². The molecule has 3 aromatic carbocycles. The molecular weight excluding hydrogens is 326 g/mol. The van der Waals surface area contributed by atoms with E-state index in [1.165, 1.54) is 10.9 Å². The summed E-state index contributed by atoms with van der Waals surface area (Å²) >= 11 is 0. The molecule has 0 atom stereocenters. The molecule has 0 spiro atoms. The van der Waals surface area contributed by atoms with Crippen molar-refractivity contribution >= 4 is 31.9 Å². The summed E-state index contributed by atoms with van der Waals surface area (Å²) in [5.74, 6) is 0. The summed E-state index contributed by atoms with van der Waals surface area (Å²) in [6, 6.07) is 15.8. The highest BCUT2D eigenvalue weighted by molar-refractivity contribution is 7.86. The van der Waals surface area contributed by atoms with Crippen molar-refractivity contribution in [2.75, 3.05) is 0 Å². The van der Waals surface area contributed by atoms with Gasteiger partial charge < -0.3 is 0 Å². The quantitative estimate of drug-likeness (QED) is 0.567. The lowest BCUT2D eigenvalue weighted by Crippen LogP contribution is -1.99. The first-order valence-electron chi connectivity index (χ1n) is 7.27. The van der Waals surface area contributed by atoms with Gasteiger partial charge in [-0.15, -0.1) is 10.2 Å². The molecular formula is C17H13N3O3S. The van der Waals surface area contributed by atoms with Crippen LogP contribution in [0.1, 0.15) is 5.56 Å². The predicted octanol–water partition coefficient (Wildman–Crippen LogP) is 3.13. The van der Waals surface area contributed by atoms with E-state index in [4.69, 9.17) is 0 Å². The molecule has 0 aliphatic heterocycles. The maximum absolute atomic E-state index is 11.6. The molecule has 4 rings (SSSR count). The minimum Gasteiger partial charge on any atom is -0.282 e. The number of benzene rings is 3. The summed E-state index contributed by atoms with van der Waals surface area (Å²) in [5, 5.41) is 9.99. The maximum Gasteiger partial charge on any atom is 0.295 e. The van der Waals surface area contributed by atoms with E-state index < -0.39 is 10.1 Å². The monoisotopic (exact) mass is 339 g/mol. The second-order valence-electron chi connectivity index (χ2n) is 5.58. The molecule has 0 unspecified atom stereocenters. The Morgan fingerprint density at radius 1 is 0.917 bits per heavy atom. The predicted molar refractivity (Wildman–Crippen MR) is 90.9 cm³/mol. The molecule has 0 saturated heterocycles. The van der Waals surface area contributed by atoms with Crippen molar-refractivity contribution < 1.29 is 13.0 Å². The lowest BCUT2D eigenvalue weighted by Gasteiger charge is -2.03. The maximum atomic E-state index is 11.6. The number of hydrogen-bond acceptors (Lipinski definition) is 4. The summed E-state index contributed by atoms with van der Waals surface area (Å²) in [5.41, 5.74) is 3.18. The van der Waals surface area contributed by atoms with E-state index in [-0.39, 0.29) is 4.90 Å². The Bertz CT molecular complexity index is 1180. The molecule has 1 heterocycles. The molecule has 0 bridgehead atoms. The standard InChI is InChI=1S/C17H13N3O3S/c1-11-5-7-12(8-6-11)20-18-15-10-9-13-14(17(15)19-20)3-2-4-16(13)24(21,22)23/h2-10H,1H3,(H,21,22,23). The fourth-order valence-electron chi connectivity index (χ4n) is 2.73. The van der Waals surface area contributed by atoms with Crippen LogP contribution in [0.3, 0.4) is 0 Å². The van der Waals surface area contributed by atoms with E-state index in [9.17, 15) is 13.0 Å². The lowest BCUT2D eigenvalue weighted by atomic mass is 10.1. The van der Waals surface area contributed by atoms with Crippen LogP contribution < -0.4 is 0 Å². The van der Waals surface area contributed by atoms with Crippen molar-refractivity contribution in [3.05, 3.63) is 60.2 Å². The minimum atomic E-state index is -4.30. The highest BCUT2D eigenvalue weighted by Crippen LogP contribution is 2.28. The zero-order valence-corrected chi connectivity index (χ0v) is 13.5. The van der Waals surface area contributed by atoms with Gasteiger partial charge in [0, 0.05) is 10.8 Å². The molecule has 0 radical (unpaired) electrons. The van der Waals surface area contributed by atoms with Crippen molar-refractivity contribution in [3.8, 4) is 5.69 Å². The molecule has 7 heteroatoms. The smallest absolute Gasteiger partial charge is 0.282 e. The van der Waals surface area contributed by atoms with Gasteiger partial charge in [-0.05, 0) is 31.2 Å². The number of aromatic nitrogens is 3. The zero-order chi connectivity index (χ0) is 16.9. The summed E-state index contributed by atoms with van der Waals surface area (Å²) in [4.78, 5) is 1.38. The van der Waals surface area contributed by atoms with Crippen molar-refractivity contribution in [1.29, 1.82) is 0 Å². The van der Waals surface area contributed by atoms with E-state index >= 15 is 0 Å². The Labute approximate surface area is 138 Å². The highest BCUT2D eigenvalue weighted by Gasteiger charge is 2.16. The van der Waals surface area contributed by atoms with Crippen LogP contribution in [0.15, 0.2) is 59.5 Å². The first-order valence-corrected chi connectivity index (χ1v) is 8.71. The van der Waals surface area contributed by atoms with Crippen LogP contribution in [0.2, 0.25) is 0 Å². The van der Waals surface area contributed by atoms with E-state index in [1.807, 2.05) is 31.2 Å². The number of fused-ring (bicyclic) bond motifs is 3. The fourth-order valence-corrected chi connectivity index (χ4v) is 3.43. The molecule has 0 fully saturated rings. The van der Waals surface area contributed by atoms with Crippen LogP contribution in [0.5, 0.6) is 0 Å². The molecule has 0 aliphatic rings. The highest BCUT2D eigenvalue weighted by atomic mass is 32.2. The third-order valence-corrected chi connectivity index (χ3v) is 4.82. The van der Waals surface area contributed by atoms with Crippen LogP contribution >= 0.6 is 0 Å². The zero-order valence-electron chi connectivity index (χ0n) is 12.7. The Balaban J connectivity index is 2.01. The fraction of sp³-hybridized carbons (Fsp3) is 0.0588. The van der Waals surface area contributed by atoms with Gasteiger partial charge in [0.15, 0.2) is 0 Å². The van der Waals surface area contributed by atoms with Crippen molar-refractivity contribution in [2.45, 2.75) is 11.8 Å². The van der Waals surface area contributed by atoms with Crippen LogP contribution in [0, 0.1) is 6.92 Å². The lowest BCUT2D eigenvalue weighted by molar-refractivity contribution is 0.484. The molecule has 6 nitrogen and oxygen atoms in total. The van der Waals surface area contributed by atoms with Gasteiger partial charge in [-0.1, -0.05) is 35.9 Å². The summed E-state index contributed by atoms with van der Waals surface area (Å²) in [6.45, 7) is 2.00. The number of aryl methyl sites for hydroxylation is 1. The van der Waals surface area contributed by atoms with Crippen molar-refractivity contribution in [3.63, 3.8) is 0 Å². The average Bonchev–Trinajstić information content (AvgIpc) is 2.98. The third kappa shape index (κ3) is 2.34. The Morgan fingerprint density at radius 3 is 2.38 bits per heavy atom. The SMILES string of the molecule is Cc1ccc(-n2nc3ccc4c(S(=O)(=O)O)cccc4c3n2)cc1. The molecule has 0 aliphatic carbocycles. The summed E-state index contributed by atoms with van der Waals surface area (Å²) < 4.78 is 32.5. The second kappa shape index (κ2) is 5.12. The number of nitrogens with zero attached hydrogens (tertiary/aromatic N) is 3. The van der Waals surface area contributed by atoms with Gasteiger partial charge in [0.1, 0.15) is 15.9 Å². The molecule has 24 heavy (non-hydrogen) atoms. The van der Waals surface area contributed by atoms with Crippen LogP contribution in [0.4, 0.5) is 0 Å². The number of hydrogen-bond donors (Lipinski definition) is 1. The first-order chi connectivity index (χ1) is 11.4. The number of rotatable bonds is 2. The first kappa shape index (κ1) is 14.8. The summed E-state index contributed by atoms with van der Waals surface area (Å²) in [6.07, 6.45) is 0. The van der Waals surface area contributed by atoms with Crippen molar-refractivity contribution in [2.24, 2.45) is 0 Å². The van der Waals surface area contributed by atoms with Gasteiger partial charge in [-0.2, -0.15) is 13.2 Å². The van der Waals surface area contributed by atoms with Gasteiger partial charge >= 0.3 is 0 Å². The minimum absolute atomic E-state index is 0.133. The second-order valence-corrected chi connectivity index (χ2v) is 6.97. The molecule has 120 valence electrons. The van der Waals surface area contributed by atoms with Crippen LogP contribution in [-0.2, 0) is 10.1 Å².